The Morgan fingerprint density at radius 2 is 1.61 bits per heavy atom. The van der Waals surface area contributed by atoms with Crippen molar-refractivity contribution in [2.24, 2.45) is 12.0 Å². The number of hydrogen-bond acceptors (Lipinski definition) is 4. The molecule has 0 saturated heterocycles. The molecule has 0 bridgehead atoms. The molecule has 1 heterocycles. The summed E-state index contributed by atoms with van der Waals surface area (Å²) in [6.45, 7) is 0.494. The molecular weight excluding hydrogens is 437 g/mol. The number of ether oxygens (including phenoxy) is 1. The van der Waals surface area contributed by atoms with Gasteiger partial charge in [-0.2, -0.15) is 0 Å². The van der Waals surface area contributed by atoms with Crippen molar-refractivity contribution >= 4 is 45.9 Å². The van der Waals surface area contributed by atoms with Crippen molar-refractivity contribution in [3.05, 3.63) is 87.5 Å². The standard InChI is InChI=1S/C23H19Cl2N3O3/c1-27-20-11-18(24)19(25)12-21(20)28(23(27)26-16-7-9-17(29)10-8-16)13-14-3-5-15(6-4-14)22(30)31-2/h3-12,29H,13H2,1-2H3. The minimum atomic E-state index is -0.381. The zero-order valence-corrected chi connectivity index (χ0v) is 18.4. The van der Waals surface area contributed by atoms with Gasteiger partial charge in [0.15, 0.2) is 0 Å². The number of carbonyl (C=O) groups is 1. The molecule has 0 aliphatic heterocycles. The fourth-order valence-electron chi connectivity index (χ4n) is 3.39. The van der Waals surface area contributed by atoms with E-state index in [-0.39, 0.29) is 11.7 Å². The lowest BCUT2D eigenvalue weighted by atomic mass is 10.1. The molecule has 6 nitrogen and oxygen atoms in total. The minimum Gasteiger partial charge on any atom is -0.508 e. The van der Waals surface area contributed by atoms with Crippen molar-refractivity contribution < 1.29 is 14.6 Å². The molecule has 0 spiro atoms. The van der Waals surface area contributed by atoms with Gasteiger partial charge in [0.1, 0.15) is 5.75 Å². The summed E-state index contributed by atoms with van der Waals surface area (Å²) in [5.74, 6) is -0.207. The van der Waals surface area contributed by atoms with Crippen LogP contribution < -0.4 is 5.62 Å². The quantitative estimate of drug-likeness (QED) is 0.437. The summed E-state index contributed by atoms with van der Waals surface area (Å²) >= 11 is 12.6. The molecule has 0 unspecified atom stereocenters. The van der Waals surface area contributed by atoms with E-state index >= 15 is 0 Å². The van der Waals surface area contributed by atoms with Gasteiger partial charge in [0.05, 0.1) is 46.0 Å². The fourth-order valence-corrected chi connectivity index (χ4v) is 3.70. The lowest BCUT2D eigenvalue weighted by Crippen LogP contribution is -2.24. The Morgan fingerprint density at radius 3 is 2.23 bits per heavy atom. The van der Waals surface area contributed by atoms with Gasteiger partial charge >= 0.3 is 5.97 Å². The highest BCUT2D eigenvalue weighted by Crippen LogP contribution is 2.28. The van der Waals surface area contributed by atoms with Gasteiger partial charge in [0.2, 0.25) is 5.62 Å². The van der Waals surface area contributed by atoms with Crippen LogP contribution in [0, 0.1) is 0 Å². The van der Waals surface area contributed by atoms with Crippen LogP contribution in [0.4, 0.5) is 5.69 Å². The summed E-state index contributed by atoms with van der Waals surface area (Å²) in [6, 6.07) is 17.5. The first-order chi connectivity index (χ1) is 14.9. The first-order valence-electron chi connectivity index (χ1n) is 9.42. The third-order valence-corrected chi connectivity index (χ3v) is 5.73. The van der Waals surface area contributed by atoms with Gasteiger partial charge in [0.25, 0.3) is 0 Å². The van der Waals surface area contributed by atoms with Crippen LogP contribution in [0.3, 0.4) is 0 Å². The Hall–Kier alpha value is -3.22. The summed E-state index contributed by atoms with van der Waals surface area (Å²) in [5.41, 5.74) is 4.56. The fraction of sp³-hybridized carbons (Fsp3) is 0.130. The predicted octanol–water partition coefficient (Wildman–Crippen LogP) is 5.06. The van der Waals surface area contributed by atoms with Crippen molar-refractivity contribution in [3.63, 3.8) is 0 Å². The minimum absolute atomic E-state index is 0.174. The van der Waals surface area contributed by atoms with Crippen molar-refractivity contribution in [2.75, 3.05) is 7.11 Å². The highest BCUT2D eigenvalue weighted by molar-refractivity contribution is 6.42. The Bertz CT molecular complexity index is 1340. The van der Waals surface area contributed by atoms with Crippen molar-refractivity contribution in [2.45, 2.75) is 6.54 Å². The van der Waals surface area contributed by atoms with E-state index in [1.807, 2.05) is 40.4 Å². The number of methoxy groups -OCH3 is 1. The van der Waals surface area contributed by atoms with Crippen molar-refractivity contribution in [3.8, 4) is 5.75 Å². The molecule has 0 radical (unpaired) electrons. The van der Waals surface area contributed by atoms with E-state index in [0.717, 1.165) is 16.6 Å². The van der Waals surface area contributed by atoms with E-state index < -0.39 is 0 Å². The molecule has 1 aromatic heterocycles. The maximum atomic E-state index is 11.7. The highest BCUT2D eigenvalue weighted by atomic mass is 35.5. The first-order valence-corrected chi connectivity index (χ1v) is 10.2. The van der Waals surface area contributed by atoms with Crippen LogP contribution in [0.5, 0.6) is 5.75 Å². The van der Waals surface area contributed by atoms with Gasteiger partial charge in [-0.05, 0) is 54.1 Å². The van der Waals surface area contributed by atoms with Crippen LogP contribution in [-0.4, -0.2) is 27.3 Å². The van der Waals surface area contributed by atoms with Crippen molar-refractivity contribution in [1.29, 1.82) is 0 Å². The number of carbonyl (C=O) groups excluding carboxylic acids is 1. The predicted molar refractivity (Wildman–Crippen MR) is 121 cm³/mol. The molecule has 4 aromatic rings. The number of rotatable bonds is 4. The number of benzene rings is 3. The SMILES string of the molecule is COC(=O)c1ccc(Cn2c(=Nc3ccc(O)cc3)n(C)c3cc(Cl)c(Cl)cc32)cc1. The number of aromatic nitrogens is 2. The Labute approximate surface area is 188 Å². The zero-order valence-electron chi connectivity index (χ0n) is 16.8. The summed E-state index contributed by atoms with van der Waals surface area (Å²) in [5, 5.41) is 10.5. The van der Waals surface area contributed by atoms with Gasteiger partial charge in [-0.1, -0.05) is 35.3 Å². The molecule has 1 N–H and O–H groups in total. The summed E-state index contributed by atoms with van der Waals surface area (Å²) in [4.78, 5) is 16.5. The third-order valence-electron chi connectivity index (χ3n) is 5.01. The molecule has 0 atom stereocenters. The monoisotopic (exact) mass is 455 g/mol. The van der Waals surface area contributed by atoms with Gasteiger partial charge in [-0.3, -0.25) is 0 Å². The first kappa shape index (κ1) is 21.0. The number of aromatic hydroxyl groups is 1. The second kappa shape index (κ2) is 8.49. The van der Waals surface area contributed by atoms with Crippen LogP contribution in [0.15, 0.2) is 65.7 Å². The number of aryl methyl sites for hydroxylation is 1. The summed E-state index contributed by atoms with van der Waals surface area (Å²) in [6.07, 6.45) is 0. The number of hydrogen-bond donors (Lipinski definition) is 1. The van der Waals surface area contributed by atoms with Crippen LogP contribution in [0.2, 0.25) is 10.0 Å². The van der Waals surface area contributed by atoms with E-state index in [0.29, 0.717) is 33.5 Å². The van der Waals surface area contributed by atoms with Gasteiger partial charge in [-0.15, -0.1) is 0 Å². The topological polar surface area (TPSA) is 68.8 Å². The number of phenols is 1. The van der Waals surface area contributed by atoms with Gasteiger partial charge in [0, 0.05) is 7.05 Å². The molecule has 158 valence electrons. The molecule has 31 heavy (non-hydrogen) atoms. The van der Waals surface area contributed by atoms with Crippen LogP contribution in [-0.2, 0) is 18.3 Å². The van der Waals surface area contributed by atoms with Crippen LogP contribution in [0.1, 0.15) is 15.9 Å². The van der Waals surface area contributed by atoms with E-state index in [1.54, 1.807) is 36.4 Å². The largest absolute Gasteiger partial charge is 0.508 e. The molecule has 0 aliphatic carbocycles. The maximum Gasteiger partial charge on any atom is 0.337 e. The maximum absolute atomic E-state index is 11.7. The molecule has 8 heteroatoms. The number of halogens is 2. The number of fused-ring (bicyclic) bond motifs is 1. The van der Waals surface area contributed by atoms with Crippen LogP contribution in [0.25, 0.3) is 11.0 Å². The smallest absolute Gasteiger partial charge is 0.337 e. The molecule has 0 amide bonds. The Kier molecular flexibility index (Phi) is 5.76. The second-order valence-corrected chi connectivity index (χ2v) is 7.83. The second-order valence-electron chi connectivity index (χ2n) is 7.02. The van der Waals surface area contributed by atoms with E-state index in [9.17, 15) is 9.90 Å². The number of nitrogens with zero attached hydrogens (tertiary/aromatic N) is 3. The summed E-state index contributed by atoms with van der Waals surface area (Å²) in [7, 11) is 3.26. The average Bonchev–Trinajstić information content (AvgIpc) is 3.00. The third kappa shape index (κ3) is 4.17. The van der Waals surface area contributed by atoms with Gasteiger partial charge in [-0.25, -0.2) is 9.79 Å². The highest BCUT2D eigenvalue weighted by Gasteiger charge is 2.14. The molecular formula is C23H19Cl2N3O3. The van der Waals surface area contributed by atoms with E-state index in [4.69, 9.17) is 32.9 Å². The van der Waals surface area contributed by atoms with E-state index in [2.05, 4.69) is 0 Å². The Balaban J connectivity index is 1.88. The zero-order chi connectivity index (χ0) is 22.1. The molecule has 0 aliphatic rings. The number of imidazole rings is 1. The molecule has 4 rings (SSSR count). The Morgan fingerprint density at radius 1 is 1.00 bits per heavy atom. The molecule has 0 saturated carbocycles. The lowest BCUT2D eigenvalue weighted by molar-refractivity contribution is 0.0600. The van der Waals surface area contributed by atoms with Gasteiger partial charge < -0.3 is 19.0 Å². The number of phenolic OH excluding ortho intramolecular Hbond substituents is 1. The van der Waals surface area contributed by atoms with E-state index in [1.165, 1.54) is 7.11 Å². The lowest BCUT2D eigenvalue weighted by Gasteiger charge is -2.07. The molecule has 0 fully saturated rings. The number of esters is 1. The van der Waals surface area contributed by atoms with Crippen LogP contribution >= 0.6 is 23.2 Å². The average molecular weight is 456 g/mol. The normalized spacial score (nSPS) is 11.8. The summed E-state index contributed by atoms with van der Waals surface area (Å²) < 4.78 is 8.73. The van der Waals surface area contributed by atoms with Crippen molar-refractivity contribution in [1.82, 2.24) is 9.13 Å². The molecule has 3 aromatic carbocycles.